The third kappa shape index (κ3) is 3.23. The van der Waals surface area contributed by atoms with Crippen LogP contribution in [-0.4, -0.2) is 28.2 Å². The number of rotatable bonds is 5. The normalized spacial score (nSPS) is 10.5. The molecule has 0 fully saturated rings. The molecule has 3 rings (SSSR count). The summed E-state index contributed by atoms with van der Waals surface area (Å²) in [6.07, 6.45) is 0.752. The quantitative estimate of drug-likeness (QED) is 0.716. The number of nitrogens with zero attached hydrogens (tertiary/aromatic N) is 3. The molecule has 24 heavy (non-hydrogen) atoms. The van der Waals surface area contributed by atoms with Gasteiger partial charge in [-0.1, -0.05) is 17.7 Å². The maximum absolute atomic E-state index is 11.0. The SMILES string of the molecule is COc1cc(-c2nc(Nc3ccc(Cl)cc3)n(C)n2)ccc1C=O. The molecule has 0 saturated heterocycles. The Balaban J connectivity index is 1.91. The van der Waals surface area contributed by atoms with Crippen LogP contribution >= 0.6 is 11.6 Å². The van der Waals surface area contributed by atoms with E-state index in [-0.39, 0.29) is 0 Å². The lowest BCUT2D eigenvalue weighted by Gasteiger charge is -2.04. The minimum absolute atomic E-state index is 0.483. The van der Waals surface area contributed by atoms with Crippen LogP contribution in [0.15, 0.2) is 42.5 Å². The summed E-state index contributed by atoms with van der Waals surface area (Å²) in [4.78, 5) is 15.5. The van der Waals surface area contributed by atoms with E-state index in [2.05, 4.69) is 15.4 Å². The Bertz CT molecular complexity index is 875. The molecule has 0 amide bonds. The molecule has 0 aliphatic rings. The second-order valence-electron chi connectivity index (χ2n) is 5.09. The van der Waals surface area contributed by atoms with Gasteiger partial charge < -0.3 is 10.1 Å². The molecule has 6 nitrogen and oxygen atoms in total. The lowest BCUT2D eigenvalue weighted by Crippen LogP contribution is -1.99. The number of aldehydes is 1. The number of hydrogen-bond donors (Lipinski definition) is 1. The standard InChI is InChI=1S/C17H15ClN4O2/c1-22-17(19-14-7-5-13(18)6-8-14)20-16(21-22)11-3-4-12(10-23)15(9-11)24-2/h3-10H,1-2H3,(H,19,20,21). The second-order valence-corrected chi connectivity index (χ2v) is 5.53. The van der Waals surface area contributed by atoms with E-state index >= 15 is 0 Å². The zero-order valence-corrected chi connectivity index (χ0v) is 13.9. The van der Waals surface area contributed by atoms with E-state index in [0.717, 1.165) is 17.5 Å². The van der Waals surface area contributed by atoms with Crippen LogP contribution in [0, 0.1) is 0 Å². The van der Waals surface area contributed by atoms with Gasteiger partial charge >= 0.3 is 0 Å². The van der Waals surface area contributed by atoms with Gasteiger partial charge in [0, 0.05) is 23.3 Å². The number of carbonyl (C=O) groups excluding carboxylic acids is 1. The molecule has 3 aromatic rings. The van der Waals surface area contributed by atoms with E-state index in [1.54, 1.807) is 42.1 Å². The maximum Gasteiger partial charge on any atom is 0.225 e. The second kappa shape index (κ2) is 6.72. The van der Waals surface area contributed by atoms with Gasteiger partial charge in [0.25, 0.3) is 0 Å². The molecule has 1 heterocycles. The number of aryl methyl sites for hydroxylation is 1. The first-order chi connectivity index (χ1) is 11.6. The fourth-order valence-electron chi connectivity index (χ4n) is 2.23. The molecule has 0 aliphatic carbocycles. The van der Waals surface area contributed by atoms with Gasteiger partial charge in [-0.25, -0.2) is 4.68 Å². The van der Waals surface area contributed by atoms with Crippen LogP contribution in [0.25, 0.3) is 11.4 Å². The molecule has 0 bridgehead atoms. The van der Waals surface area contributed by atoms with Crippen LogP contribution in [0.3, 0.4) is 0 Å². The summed E-state index contributed by atoms with van der Waals surface area (Å²) in [6.45, 7) is 0. The van der Waals surface area contributed by atoms with Crippen molar-refractivity contribution < 1.29 is 9.53 Å². The first-order valence-electron chi connectivity index (χ1n) is 7.18. The number of hydrogen-bond acceptors (Lipinski definition) is 5. The fraction of sp³-hybridized carbons (Fsp3) is 0.118. The zero-order valence-electron chi connectivity index (χ0n) is 13.2. The minimum Gasteiger partial charge on any atom is -0.496 e. The number of nitrogens with one attached hydrogen (secondary N) is 1. The van der Waals surface area contributed by atoms with Gasteiger partial charge in [0.1, 0.15) is 5.75 Å². The monoisotopic (exact) mass is 342 g/mol. The molecule has 1 N–H and O–H groups in total. The Kier molecular flexibility index (Phi) is 4.48. The predicted molar refractivity (Wildman–Crippen MR) is 93.1 cm³/mol. The average Bonchev–Trinajstić information content (AvgIpc) is 2.97. The Labute approximate surface area is 144 Å². The van der Waals surface area contributed by atoms with Gasteiger partial charge in [-0.05, 0) is 36.4 Å². The number of carbonyl (C=O) groups is 1. The van der Waals surface area contributed by atoms with Crippen LogP contribution in [0.2, 0.25) is 5.02 Å². The number of aromatic nitrogens is 3. The number of anilines is 2. The third-order valence-electron chi connectivity index (χ3n) is 3.48. The molecule has 0 radical (unpaired) electrons. The molecular weight excluding hydrogens is 328 g/mol. The molecular formula is C17H15ClN4O2. The first kappa shape index (κ1) is 16.0. The average molecular weight is 343 g/mol. The van der Waals surface area contributed by atoms with E-state index in [1.165, 1.54) is 7.11 Å². The van der Waals surface area contributed by atoms with Crippen molar-refractivity contribution in [3.8, 4) is 17.1 Å². The Morgan fingerprint density at radius 1 is 1.21 bits per heavy atom. The molecule has 7 heteroatoms. The van der Waals surface area contributed by atoms with Gasteiger partial charge in [-0.2, -0.15) is 4.98 Å². The van der Waals surface area contributed by atoms with Gasteiger partial charge in [0.05, 0.1) is 12.7 Å². The molecule has 122 valence electrons. The van der Waals surface area contributed by atoms with Crippen LogP contribution in [0.1, 0.15) is 10.4 Å². The minimum atomic E-state index is 0.483. The van der Waals surface area contributed by atoms with E-state index in [9.17, 15) is 4.79 Å². The van der Waals surface area contributed by atoms with Crippen molar-refractivity contribution in [2.24, 2.45) is 7.05 Å². The highest BCUT2D eigenvalue weighted by Gasteiger charge is 2.12. The van der Waals surface area contributed by atoms with Gasteiger partial charge in [-0.15, -0.1) is 5.10 Å². The predicted octanol–water partition coefficient (Wildman–Crippen LogP) is 3.70. The van der Waals surface area contributed by atoms with Gasteiger partial charge in [0.2, 0.25) is 5.95 Å². The van der Waals surface area contributed by atoms with Crippen LogP contribution < -0.4 is 10.1 Å². The van der Waals surface area contributed by atoms with Gasteiger partial charge in [-0.3, -0.25) is 4.79 Å². The lowest BCUT2D eigenvalue weighted by molar-refractivity contribution is 0.112. The summed E-state index contributed by atoms with van der Waals surface area (Å²) in [5, 5.41) is 8.25. The molecule has 0 spiro atoms. The molecule has 1 aromatic heterocycles. The summed E-state index contributed by atoms with van der Waals surface area (Å²) >= 11 is 5.89. The van der Waals surface area contributed by atoms with Crippen molar-refractivity contribution in [3.63, 3.8) is 0 Å². The van der Waals surface area contributed by atoms with Crippen LogP contribution in [0.4, 0.5) is 11.6 Å². The molecule has 2 aromatic carbocycles. The zero-order chi connectivity index (χ0) is 17.1. The van der Waals surface area contributed by atoms with Crippen molar-refractivity contribution in [3.05, 3.63) is 53.1 Å². The van der Waals surface area contributed by atoms with Crippen molar-refractivity contribution in [2.75, 3.05) is 12.4 Å². The number of methoxy groups -OCH3 is 1. The summed E-state index contributed by atoms with van der Waals surface area (Å²) < 4.78 is 6.86. The Morgan fingerprint density at radius 3 is 2.62 bits per heavy atom. The molecule has 0 unspecified atom stereocenters. The third-order valence-corrected chi connectivity index (χ3v) is 3.73. The van der Waals surface area contributed by atoms with Crippen molar-refractivity contribution in [1.29, 1.82) is 0 Å². The number of benzene rings is 2. The molecule has 0 aliphatic heterocycles. The highest BCUT2D eigenvalue weighted by atomic mass is 35.5. The van der Waals surface area contributed by atoms with Crippen molar-refractivity contribution >= 4 is 29.5 Å². The maximum atomic E-state index is 11.0. The number of halogens is 1. The van der Waals surface area contributed by atoms with Crippen LogP contribution in [0.5, 0.6) is 5.75 Å². The van der Waals surface area contributed by atoms with Gasteiger partial charge in [0.15, 0.2) is 12.1 Å². The van der Waals surface area contributed by atoms with E-state index in [0.29, 0.717) is 28.1 Å². The highest BCUT2D eigenvalue weighted by molar-refractivity contribution is 6.30. The molecule has 0 saturated carbocycles. The Hall–Kier alpha value is -2.86. The smallest absolute Gasteiger partial charge is 0.225 e. The summed E-state index contributed by atoms with van der Waals surface area (Å²) in [5.74, 6) is 1.61. The van der Waals surface area contributed by atoms with E-state index in [1.807, 2.05) is 12.1 Å². The van der Waals surface area contributed by atoms with E-state index < -0.39 is 0 Å². The lowest BCUT2D eigenvalue weighted by atomic mass is 10.1. The first-order valence-corrected chi connectivity index (χ1v) is 7.55. The summed E-state index contributed by atoms with van der Waals surface area (Å²) in [7, 11) is 3.32. The largest absolute Gasteiger partial charge is 0.496 e. The topological polar surface area (TPSA) is 69.0 Å². The number of ether oxygens (including phenoxy) is 1. The highest BCUT2D eigenvalue weighted by Crippen LogP contribution is 2.26. The fourth-order valence-corrected chi connectivity index (χ4v) is 2.35. The Morgan fingerprint density at radius 2 is 1.96 bits per heavy atom. The summed E-state index contributed by atoms with van der Waals surface area (Å²) in [5.41, 5.74) is 2.10. The van der Waals surface area contributed by atoms with Crippen molar-refractivity contribution in [1.82, 2.24) is 14.8 Å². The van der Waals surface area contributed by atoms with Crippen LogP contribution in [-0.2, 0) is 7.05 Å². The summed E-state index contributed by atoms with van der Waals surface area (Å²) in [6, 6.07) is 12.5. The molecule has 0 atom stereocenters. The van der Waals surface area contributed by atoms with Crippen molar-refractivity contribution in [2.45, 2.75) is 0 Å². The van der Waals surface area contributed by atoms with E-state index in [4.69, 9.17) is 16.3 Å².